The molecule has 0 aromatic heterocycles. The number of amides is 1. The molecule has 0 atom stereocenters. The number of rotatable bonds is 11. The maximum atomic E-state index is 10.6. The minimum Gasteiger partial charge on any atom is -0.492 e. The predicted molar refractivity (Wildman–Crippen MR) is 148 cm³/mol. The molecule has 0 saturated carbocycles. The van der Waals surface area contributed by atoms with Gasteiger partial charge in [-0.15, -0.1) is 0 Å². The van der Waals surface area contributed by atoms with E-state index in [-0.39, 0.29) is 13.2 Å². The minimum absolute atomic E-state index is 0.228. The van der Waals surface area contributed by atoms with Crippen molar-refractivity contribution in [1.29, 1.82) is 0 Å². The molecule has 0 aliphatic rings. The molecule has 4 rings (SSSR count). The summed E-state index contributed by atoms with van der Waals surface area (Å²) in [7, 11) is 0. The van der Waals surface area contributed by atoms with E-state index in [1.54, 1.807) is 0 Å². The van der Waals surface area contributed by atoms with E-state index in [1.165, 1.54) is 11.1 Å². The SMILES string of the molecule is CCC(=C(c1ccc(OCCNC(=O)O)cc1)c1cccc(OCc2ccccc2)c1)c1ccccc1. The zero-order chi connectivity index (χ0) is 25.9. The zero-order valence-corrected chi connectivity index (χ0v) is 20.9. The summed E-state index contributed by atoms with van der Waals surface area (Å²) in [6, 6.07) is 36.7. The lowest BCUT2D eigenvalue weighted by molar-refractivity contribution is 0.191. The third-order valence-electron chi connectivity index (χ3n) is 5.94. The second-order valence-electron chi connectivity index (χ2n) is 8.48. The first kappa shape index (κ1) is 25.6. The molecule has 1 amide bonds. The van der Waals surface area contributed by atoms with E-state index >= 15 is 0 Å². The summed E-state index contributed by atoms with van der Waals surface area (Å²) >= 11 is 0. The highest BCUT2D eigenvalue weighted by Gasteiger charge is 2.14. The predicted octanol–water partition coefficient (Wildman–Crippen LogP) is 7.28. The average molecular weight is 494 g/mol. The van der Waals surface area contributed by atoms with Crippen LogP contribution in [-0.2, 0) is 6.61 Å². The number of benzene rings is 4. The van der Waals surface area contributed by atoms with Crippen molar-refractivity contribution in [3.63, 3.8) is 0 Å². The van der Waals surface area contributed by atoms with Gasteiger partial charge in [-0.2, -0.15) is 0 Å². The van der Waals surface area contributed by atoms with Crippen LogP contribution in [0.3, 0.4) is 0 Å². The van der Waals surface area contributed by atoms with E-state index < -0.39 is 6.09 Å². The Hall–Kier alpha value is -4.51. The van der Waals surface area contributed by atoms with E-state index in [0.717, 1.165) is 34.4 Å². The number of ether oxygens (including phenoxy) is 2. The van der Waals surface area contributed by atoms with Gasteiger partial charge in [-0.25, -0.2) is 4.79 Å². The molecule has 0 aliphatic carbocycles. The normalized spacial score (nSPS) is 11.4. The van der Waals surface area contributed by atoms with Crippen LogP contribution in [0, 0.1) is 0 Å². The third-order valence-corrected chi connectivity index (χ3v) is 5.94. The van der Waals surface area contributed by atoms with Crippen molar-refractivity contribution in [2.75, 3.05) is 13.2 Å². The standard InChI is InChI=1S/C32H31NO4/c1-2-30(25-12-7-4-8-13-25)31(26-16-18-28(19-17-26)36-21-20-33-32(34)35)27-14-9-15-29(22-27)37-23-24-10-5-3-6-11-24/h3-19,22,33H,2,20-21,23H2,1H3,(H,34,35). The van der Waals surface area contributed by atoms with Crippen LogP contribution in [0.5, 0.6) is 11.5 Å². The highest BCUT2D eigenvalue weighted by molar-refractivity contribution is 5.98. The largest absolute Gasteiger partial charge is 0.492 e. The van der Waals surface area contributed by atoms with Gasteiger partial charge in [-0.1, -0.05) is 91.9 Å². The van der Waals surface area contributed by atoms with Gasteiger partial charge in [0.2, 0.25) is 0 Å². The molecule has 0 bridgehead atoms. The lowest BCUT2D eigenvalue weighted by atomic mass is 9.88. The van der Waals surface area contributed by atoms with Gasteiger partial charge in [0, 0.05) is 0 Å². The van der Waals surface area contributed by atoms with Gasteiger partial charge in [0.05, 0.1) is 6.54 Å². The Morgan fingerprint density at radius 2 is 1.41 bits per heavy atom. The Bertz CT molecular complexity index is 1320. The van der Waals surface area contributed by atoms with E-state index in [1.807, 2.05) is 60.7 Å². The first-order valence-electron chi connectivity index (χ1n) is 12.4. The summed E-state index contributed by atoms with van der Waals surface area (Å²) in [5.41, 5.74) is 6.81. The lowest BCUT2D eigenvalue weighted by Crippen LogP contribution is -2.26. The molecule has 2 N–H and O–H groups in total. The molecule has 188 valence electrons. The third kappa shape index (κ3) is 7.24. The summed E-state index contributed by atoms with van der Waals surface area (Å²) in [5, 5.41) is 11.0. The molecule has 0 fully saturated rings. The quantitative estimate of drug-likeness (QED) is 0.170. The van der Waals surface area contributed by atoms with Gasteiger partial charge in [-0.05, 0) is 64.1 Å². The molecular formula is C32H31NO4. The van der Waals surface area contributed by atoms with Crippen LogP contribution in [-0.4, -0.2) is 24.4 Å². The van der Waals surface area contributed by atoms with E-state index in [9.17, 15) is 4.79 Å². The maximum absolute atomic E-state index is 10.6. The number of carbonyl (C=O) groups is 1. The molecule has 37 heavy (non-hydrogen) atoms. The number of allylic oxidation sites excluding steroid dienone is 1. The molecular weight excluding hydrogens is 462 g/mol. The van der Waals surface area contributed by atoms with Gasteiger partial charge in [-0.3, -0.25) is 0 Å². The van der Waals surface area contributed by atoms with Gasteiger partial charge in [0.1, 0.15) is 24.7 Å². The summed E-state index contributed by atoms with van der Waals surface area (Å²) in [6.07, 6.45) is -0.204. The molecule has 0 aliphatic heterocycles. The monoisotopic (exact) mass is 493 g/mol. The highest BCUT2D eigenvalue weighted by Crippen LogP contribution is 2.36. The molecule has 5 heteroatoms. The van der Waals surface area contributed by atoms with Gasteiger partial charge in [0.15, 0.2) is 0 Å². The van der Waals surface area contributed by atoms with Crippen molar-refractivity contribution in [2.24, 2.45) is 0 Å². The number of carboxylic acid groups (broad SMARTS) is 1. The average Bonchev–Trinajstić information content (AvgIpc) is 2.94. The van der Waals surface area contributed by atoms with Crippen LogP contribution < -0.4 is 14.8 Å². The van der Waals surface area contributed by atoms with Crippen LogP contribution >= 0.6 is 0 Å². The van der Waals surface area contributed by atoms with Crippen LogP contribution in [0.25, 0.3) is 11.1 Å². The highest BCUT2D eigenvalue weighted by atomic mass is 16.5. The molecule has 4 aromatic carbocycles. The summed E-state index contributed by atoms with van der Waals surface area (Å²) in [4.78, 5) is 10.6. The number of hydrogen-bond donors (Lipinski definition) is 2. The van der Waals surface area contributed by atoms with Crippen molar-refractivity contribution in [2.45, 2.75) is 20.0 Å². The van der Waals surface area contributed by atoms with Crippen molar-refractivity contribution in [3.8, 4) is 11.5 Å². The smallest absolute Gasteiger partial charge is 0.404 e. The Morgan fingerprint density at radius 3 is 2.08 bits per heavy atom. The molecule has 0 spiro atoms. The second kappa shape index (κ2) is 13.0. The second-order valence-corrected chi connectivity index (χ2v) is 8.48. The van der Waals surface area contributed by atoms with Crippen LogP contribution in [0.2, 0.25) is 0 Å². The lowest BCUT2D eigenvalue weighted by Gasteiger charge is -2.18. The Balaban J connectivity index is 1.65. The van der Waals surface area contributed by atoms with Crippen LogP contribution in [0.4, 0.5) is 4.79 Å². The number of nitrogens with one attached hydrogen (secondary N) is 1. The van der Waals surface area contributed by atoms with E-state index in [2.05, 4.69) is 60.8 Å². The van der Waals surface area contributed by atoms with Crippen molar-refractivity contribution >= 4 is 17.2 Å². The first-order valence-corrected chi connectivity index (χ1v) is 12.4. The molecule has 5 nitrogen and oxygen atoms in total. The Morgan fingerprint density at radius 1 is 0.730 bits per heavy atom. The van der Waals surface area contributed by atoms with Gasteiger partial charge >= 0.3 is 6.09 Å². The zero-order valence-electron chi connectivity index (χ0n) is 20.9. The maximum Gasteiger partial charge on any atom is 0.404 e. The topological polar surface area (TPSA) is 67.8 Å². The van der Waals surface area contributed by atoms with E-state index in [0.29, 0.717) is 12.4 Å². The molecule has 4 aromatic rings. The van der Waals surface area contributed by atoms with Crippen molar-refractivity contribution in [1.82, 2.24) is 5.32 Å². The van der Waals surface area contributed by atoms with Gasteiger partial charge in [0.25, 0.3) is 0 Å². The fourth-order valence-corrected chi connectivity index (χ4v) is 4.21. The minimum atomic E-state index is -1.06. The van der Waals surface area contributed by atoms with E-state index in [4.69, 9.17) is 14.6 Å². The van der Waals surface area contributed by atoms with Gasteiger partial charge < -0.3 is 19.9 Å². The summed E-state index contributed by atoms with van der Waals surface area (Å²) in [6.45, 7) is 3.17. The number of hydrogen-bond acceptors (Lipinski definition) is 3. The molecule has 0 radical (unpaired) electrons. The summed E-state index contributed by atoms with van der Waals surface area (Å²) in [5.74, 6) is 1.50. The molecule has 0 heterocycles. The molecule has 0 unspecified atom stereocenters. The Kier molecular flexibility index (Phi) is 8.97. The summed E-state index contributed by atoms with van der Waals surface area (Å²) < 4.78 is 11.8. The fraction of sp³-hybridized carbons (Fsp3) is 0.156. The van der Waals surface area contributed by atoms with Crippen LogP contribution in [0.15, 0.2) is 109 Å². The van der Waals surface area contributed by atoms with Crippen LogP contribution in [0.1, 0.15) is 35.6 Å². The van der Waals surface area contributed by atoms with Crippen molar-refractivity contribution in [3.05, 3.63) is 131 Å². The molecule has 0 saturated heterocycles. The fourth-order valence-electron chi connectivity index (χ4n) is 4.21. The Labute approximate surface area is 218 Å². The van der Waals surface area contributed by atoms with Crippen molar-refractivity contribution < 1.29 is 19.4 Å². The first-order chi connectivity index (χ1) is 18.1.